The average molecular weight is 346 g/mol. The number of rotatable bonds is 0. The molecule has 1 aromatic rings. The van der Waals surface area contributed by atoms with Crippen molar-refractivity contribution in [2.45, 2.75) is 62.6 Å². The summed E-state index contributed by atoms with van der Waals surface area (Å²) in [7, 11) is 0. The van der Waals surface area contributed by atoms with E-state index in [9.17, 15) is 4.79 Å². The molecule has 2 bridgehead atoms. The molecule has 136 valence electrons. The lowest BCUT2D eigenvalue weighted by atomic mass is 9.83. The lowest BCUT2D eigenvalue weighted by molar-refractivity contribution is -0.140. The zero-order valence-corrected chi connectivity index (χ0v) is 14.5. The number of piperidine rings is 1. The molecule has 2 N–H and O–H groups in total. The normalized spacial score (nSPS) is 33.3. The van der Waals surface area contributed by atoms with Crippen molar-refractivity contribution < 1.29 is 14.3 Å². The second-order valence-corrected chi connectivity index (χ2v) is 7.35. The lowest BCUT2D eigenvalue weighted by Crippen LogP contribution is -2.57. The molecule has 4 heterocycles. The summed E-state index contributed by atoms with van der Waals surface area (Å²) >= 11 is 0. The zero-order chi connectivity index (χ0) is 17.2. The molecular formula is C18H26N4O3. The fraction of sp³-hybridized carbons (Fsp3) is 0.722. The highest BCUT2D eigenvalue weighted by atomic mass is 16.5. The van der Waals surface area contributed by atoms with Crippen molar-refractivity contribution >= 4 is 5.91 Å². The molecule has 7 nitrogen and oxygen atoms in total. The molecule has 1 aromatic heterocycles. The summed E-state index contributed by atoms with van der Waals surface area (Å²) < 4.78 is 12.0. The first kappa shape index (κ1) is 16.7. The number of amides is 1. The largest absolute Gasteiger partial charge is 0.466 e. The summed E-state index contributed by atoms with van der Waals surface area (Å²) in [6.07, 6.45) is 7.92. The Labute approximate surface area is 147 Å². The SMILES string of the molecule is NC1CCCN2C(=O)COc3nnccc3[C@H]3CC[C@H](CC3)OCC12. The van der Waals surface area contributed by atoms with Crippen molar-refractivity contribution in [3.8, 4) is 5.88 Å². The Hall–Kier alpha value is -1.73. The second kappa shape index (κ2) is 7.25. The number of fused-ring (bicyclic) bond motifs is 5. The van der Waals surface area contributed by atoms with Crippen LogP contribution in [0.15, 0.2) is 12.3 Å². The van der Waals surface area contributed by atoms with Crippen LogP contribution >= 0.6 is 0 Å². The van der Waals surface area contributed by atoms with Crippen LogP contribution in [0, 0.1) is 0 Å². The van der Waals surface area contributed by atoms with Crippen LogP contribution in [0.5, 0.6) is 5.88 Å². The maximum absolute atomic E-state index is 12.7. The molecule has 0 aromatic carbocycles. The minimum atomic E-state index is -0.0651. The van der Waals surface area contributed by atoms with Crippen LogP contribution < -0.4 is 10.5 Å². The van der Waals surface area contributed by atoms with Crippen molar-refractivity contribution in [3.63, 3.8) is 0 Å². The Bertz CT molecular complexity index is 618. The van der Waals surface area contributed by atoms with Crippen LogP contribution in [-0.2, 0) is 9.53 Å². The molecular weight excluding hydrogens is 320 g/mol. The van der Waals surface area contributed by atoms with E-state index < -0.39 is 0 Å². The number of hydrogen-bond donors (Lipinski definition) is 1. The minimum absolute atomic E-state index is 0.0228. The van der Waals surface area contributed by atoms with Gasteiger partial charge in [-0.3, -0.25) is 4.79 Å². The number of ether oxygens (including phenoxy) is 2. The van der Waals surface area contributed by atoms with Gasteiger partial charge in [-0.1, -0.05) is 0 Å². The maximum Gasteiger partial charge on any atom is 0.260 e. The first-order valence-electron chi connectivity index (χ1n) is 9.33. The third kappa shape index (κ3) is 3.48. The van der Waals surface area contributed by atoms with Crippen LogP contribution in [0.3, 0.4) is 0 Å². The highest BCUT2D eigenvalue weighted by Crippen LogP contribution is 2.37. The second-order valence-electron chi connectivity index (χ2n) is 7.35. The first-order valence-corrected chi connectivity index (χ1v) is 9.33. The summed E-state index contributed by atoms with van der Waals surface area (Å²) in [5.41, 5.74) is 7.36. The molecule has 25 heavy (non-hydrogen) atoms. The molecule has 0 spiro atoms. The van der Waals surface area contributed by atoms with Gasteiger partial charge in [-0.25, -0.2) is 0 Å². The Balaban J connectivity index is 1.61. The standard InChI is InChI=1S/C18H26N4O3/c19-15-2-1-9-22-16(15)10-24-13-5-3-12(4-6-13)14-7-8-20-21-18(14)25-11-17(22)23/h7-8,12-13,15-16H,1-6,9-11,19H2/t12-,13+,15?,16?. The number of nitrogens with zero attached hydrogens (tertiary/aromatic N) is 3. The Morgan fingerprint density at radius 2 is 2.04 bits per heavy atom. The van der Waals surface area contributed by atoms with Gasteiger partial charge < -0.3 is 20.1 Å². The molecule has 3 aliphatic heterocycles. The molecule has 1 aliphatic carbocycles. The van der Waals surface area contributed by atoms with Gasteiger partial charge in [0.05, 0.1) is 24.9 Å². The van der Waals surface area contributed by atoms with E-state index in [2.05, 4.69) is 10.2 Å². The van der Waals surface area contributed by atoms with Crippen LogP contribution in [0.1, 0.15) is 50.0 Å². The first-order chi connectivity index (χ1) is 12.2. The van der Waals surface area contributed by atoms with Gasteiger partial charge in [0.15, 0.2) is 6.61 Å². The zero-order valence-electron chi connectivity index (χ0n) is 14.5. The molecule has 0 radical (unpaired) electrons. The van der Waals surface area contributed by atoms with Crippen LogP contribution in [-0.4, -0.2) is 59.0 Å². The van der Waals surface area contributed by atoms with Gasteiger partial charge in [-0.2, -0.15) is 5.10 Å². The fourth-order valence-corrected chi connectivity index (χ4v) is 4.35. The van der Waals surface area contributed by atoms with E-state index in [1.807, 2.05) is 11.0 Å². The van der Waals surface area contributed by atoms with E-state index >= 15 is 0 Å². The quantitative estimate of drug-likeness (QED) is 0.760. The fourth-order valence-electron chi connectivity index (χ4n) is 4.35. The number of nitrogens with two attached hydrogens (primary N) is 1. The molecule has 1 saturated heterocycles. The molecule has 5 rings (SSSR count). The van der Waals surface area contributed by atoms with Crippen molar-refractivity contribution in [2.75, 3.05) is 19.8 Å². The minimum Gasteiger partial charge on any atom is -0.466 e. The number of aromatic nitrogens is 2. The Kier molecular flexibility index (Phi) is 4.85. The van der Waals surface area contributed by atoms with Crippen molar-refractivity contribution in [1.29, 1.82) is 0 Å². The van der Waals surface area contributed by atoms with Crippen LogP contribution in [0.2, 0.25) is 0 Å². The van der Waals surface area contributed by atoms with E-state index in [4.69, 9.17) is 15.2 Å². The Morgan fingerprint density at radius 1 is 1.20 bits per heavy atom. The highest BCUT2D eigenvalue weighted by molar-refractivity contribution is 5.78. The van der Waals surface area contributed by atoms with Crippen molar-refractivity contribution in [2.24, 2.45) is 5.73 Å². The summed E-state index contributed by atoms with van der Waals surface area (Å²) in [5.74, 6) is 0.843. The molecule has 2 unspecified atom stereocenters. The summed E-state index contributed by atoms with van der Waals surface area (Å²) in [6, 6.07) is 1.87. The van der Waals surface area contributed by atoms with Gasteiger partial charge in [0, 0.05) is 18.2 Å². The smallest absolute Gasteiger partial charge is 0.260 e. The van der Waals surface area contributed by atoms with Gasteiger partial charge in [-0.05, 0) is 50.5 Å². The molecule has 4 aliphatic rings. The monoisotopic (exact) mass is 346 g/mol. The maximum atomic E-state index is 12.7. The lowest BCUT2D eigenvalue weighted by Gasteiger charge is -2.40. The van der Waals surface area contributed by atoms with Gasteiger partial charge in [0.2, 0.25) is 5.88 Å². The summed E-state index contributed by atoms with van der Waals surface area (Å²) in [4.78, 5) is 14.6. The van der Waals surface area contributed by atoms with Gasteiger partial charge in [-0.15, -0.1) is 5.10 Å². The van der Waals surface area contributed by atoms with Gasteiger partial charge >= 0.3 is 0 Å². The number of carbonyl (C=O) groups excluding carboxylic acids is 1. The predicted octanol–water partition coefficient (Wildman–Crippen LogP) is 1.23. The van der Waals surface area contributed by atoms with Gasteiger partial charge in [0.1, 0.15) is 0 Å². The molecule has 7 heteroatoms. The van der Waals surface area contributed by atoms with Crippen LogP contribution in [0.4, 0.5) is 0 Å². The van der Waals surface area contributed by atoms with Crippen LogP contribution in [0.25, 0.3) is 0 Å². The number of hydrogen-bond acceptors (Lipinski definition) is 6. The van der Waals surface area contributed by atoms with E-state index in [0.29, 0.717) is 24.9 Å². The molecule has 1 saturated carbocycles. The summed E-state index contributed by atoms with van der Waals surface area (Å²) in [6.45, 7) is 1.21. The third-order valence-corrected chi connectivity index (χ3v) is 5.82. The van der Waals surface area contributed by atoms with E-state index in [1.54, 1.807) is 6.20 Å². The molecule has 1 amide bonds. The van der Waals surface area contributed by atoms with E-state index in [-0.39, 0.29) is 30.7 Å². The molecule has 2 atom stereocenters. The highest BCUT2D eigenvalue weighted by Gasteiger charge is 2.35. The third-order valence-electron chi connectivity index (χ3n) is 5.82. The predicted molar refractivity (Wildman–Crippen MR) is 91.2 cm³/mol. The van der Waals surface area contributed by atoms with E-state index in [1.165, 1.54) is 0 Å². The topological polar surface area (TPSA) is 90.6 Å². The van der Waals surface area contributed by atoms with E-state index in [0.717, 1.165) is 44.1 Å². The average Bonchev–Trinajstić information content (AvgIpc) is 2.66. The molecule has 2 fully saturated rings. The van der Waals surface area contributed by atoms with Gasteiger partial charge in [0.25, 0.3) is 5.91 Å². The number of carbonyl (C=O) groups is 1. The van der Waals surface area contributed by atoms with Crippen molar-refractivity contribution in [1.82, 2.24) is 15.1 Å². The Morgan fingerprint density at radius 3 is 2.88 bits per heavy atom. The summed E-state index contributed by atoms with van der Waals surface area (Å²) in [5, 5.41) is 8.08. The van der Waals surface area contributed by atoms with Crippen molar-refractivity contribution in [3.05, 3.63) is 17.8 Å².